The van der Waals surface area contributed by atoms with Crippen LogP contribution in [0.15, 0.2) is 23.1 Å². The zero-order valence-electron chi connectivity index (χ0n) is 12.0. The summed E-state index contributed by atoms with van der Waals surface area (Å²) in [4.78, 5) is 10.7. The molecule has 0 saturated carbocycles. The molecule has 21 heavy (non-hydrogen) atoms. The maximum absolute atomic E-state index is 12.4. The fraction of sp³-hybridized carbons (Fsp3) is 0.462. The number of carbonyl (C=O) groups is 1. The number of hydrogen-bond acceptors (Lipinski definition) is 5. The summed E-state index contributed by atoms with van der Waals surface area (Å²) in [5, 5.41) is 18.2. The first kappa shape index (κ1) is 17.4. The number of hydrogen-bond donors (Lipinski definition) is 3. The van der Waals surface area contributed by atoms with Gasteiger partial charge >= 0.3 is 5.97 Å². The lowest BCUT2D eigenvalue weighted by atomic mass is 10.1. The van der Waals surface area contributed by atoms with Crippen molar-refractivity contribution in [3.05, 3.63) is 23.8 Å². The summed E-state index contributed by atoms with van der Waals surface area (Å²) in [7, 11) is -2.72. The summed E-state index contributed by atoms with van der Waals surface area (Å²) in [6, 6.07) is 2.89. The molecule has 1 aromatic rings. The van der Waals surface area contributed by atoms with Gasteiger partial charge in [-0.1, -0.05) is 13.8 Å². The number of aromatic carboxylic acids is 1. The summed E-state index contributed by atoms with van der Waals surface area (Å²) in [5.41, 5.74) is -0.165. The van der Waals surface area contributed by atoms with E-state index in [0.717, 1.165) is 6.07 Å². The number of nitrogens with one attached hydrogen (secondary N) is 1. The molecule has 0 aliphatic heterocycles. The smallest absolute Gasteiger partial charge is 0.335 e. The molecule has 0 aliphatic carbocycles. The molecular formula is C13H19NO6S. The van der Waals surface area contributed by atoms with Gasteiger partial charge in [0.05, 0.1) is 19.3 Å². The SMILES string of the molecule is COc1ccc(C(=O)O)cc1S(=O)(=O)NC(CO)C(C)C. The van der Waals surface area contributed by atoms with Gasteiger partial charge in [0.15, 0.2) is 0 Å². The van der Waals surface area contributed by atoms with Crippen LogP contribution in [0.4, 0.5) is 0 Å². The summed E-state index contributed by atoms with van der Waals surface area (Å²) in [5.74, 6) is -1.33. The van der Waals surface area contributed by atoms with E-state index < -0.39 is 22.0 Å². The van der Waals surface area contributed by atoms with Crippen LogP contribution in [0.2, 0.25) is 0 Å². The van der Waals surface area contributed by atoms with Crippen LogP contribution >= 0.6 is 0 Å². The molecule has 0 aliphatic rings. The highest BCUT2D eigenvalue weighted by molar-refractivity contribution is 7.89. The Hall–Kier alpha value is -1.64. The molecule has 0 aromatic heterocycles. The Labute approximate surface area is 123 Å². The van der Waals surface area contributed by atoms with Crippen LogP contribution in [0.25, 0.3) is 0 Å². The fourth-order valence-corrected chi connectivity index (χ4v) is 3.24. The van der Waals surface area contributed by atoms with Gasteiger partial charge in [-0.25, -0.2) is 17.9 Å². The van der Waals surface area contributed by atoms with Crippen LogP contribution in [0, 0.1) is 5.92 Å². The Morgan fingerprint density at radius 3 is 2.43 bits per heavy atom. The van der Waals surface area contributed by atoms with E-state index in [9.17, 15) is 18.3 Å². The molecule has 3 N–H and O–H groups in total. The summed E-state index contributed by atoms with van der Waals surface area (Å²) in [6.07, 6.45) is 0. The van der Waals surface area contributed by atoms with Crippen LogP contribution in [-0.2, 0) is 10.0 Å². The van der Waals surface area contributed by atoms with Gasteiger partial charge in [0.2, 0.25) is 10.0 Å². The second kappa shape index (κ2) is 6.88. The monoisotopic (exact) mass is 317 g/mol. The average molecular weight is 317 g/mol. The third-order valence-electron chi connectivity index (χ3n) is 3.01. The van der Waals surface area contributed by atoms with Gasteiger partial charge < -0.3 is 14.9 Å². The molecule has 0 saturated heterocycles. The number of aliphatic hydroxyl groups is 1. The van der Waals surface area contributed by atoms with Crippen LogP contribution in [0.1, 0.15) is 24.2 Å². The second-order valence-electron chi connectivity index (χ2n) is 4.83. The van der Waals surface area contributed by atoms with Crippen LogP contribution in [-0.4, -0.2) is 44.4 Å². The van der Waals surface area contributed by atoms with Crippen molar-refractivity contribution in [1.82, 2.24) is 4.72 Å². The molecule has 118 valence electrons. The summed E-state index contributed by atoms with van der Waals surface area (Å²) in [6.45, 7) is 3.15. The zero-order chi connectivity index (χ0) is 16.2. The first-order valence-electron chi connectivity index (χ1n) is 6.27. The predicted octanol–water partition coefficient (Wildman–Crippen LogP) is 0.689. The lowest BCUT2D eigenvalue weighted by molar-refractivity contribution is 0.0696. The third kappa shape index (κ3) is 4.16. The zero-order valence-corrected chi connectivity index (χ0v) is 12.8. The Morgan fingerprint density at radius 2 is 2.00 bits per heavy atom. The molecule has 0 amide bonds. The van der Waals surface area contributed by atoms with E-state index in [0.29, 0.717) is 0 Å². The van der Waals surface area contributed by atoms with E-state index in [-0.39, 0.29) is 28.7 Å². The number of carboxylic acids is 1. The molecule has 8 heteroatoms. The standard InChI is InChI=1S/C13H19NO6S/c1-8(2)10(7-15)14-21(18,19)12-6-9(13(16)17)4-5-11(12)20-3/h4-6,8,10,14-15H,7H2,1-3H3,(H,16,17). The molecule has 7 nitrogen and oxygen atoms in total. The van der Waals surface area contributed by atoms with E-state index in [4.69, 9.17) is 9.84 Å². The van der Waals surface area contributed by atoms with Crippen molar-refractivity contribution in [2.24, 2.45) is 5.92 Å². The maximum Gasteiger partial charge on any atom is 0.335 e. The number of aliphatic hydroxyl groups excluding tert-OH is 1. The van der Waals surface area contributed by atoms with Crippen LogP contribution < -0.4 is 9.46 Å². The van der Waals surface area contributed by atoms with Crippen molar-refractivity contribution in [2.45, 2.75) is 24.8 Å². The fourth-order valence-electron chi connectivity index (χ4n) is 1.67. The Morgan fingerprint density at radius 1 is 1.38 bits per heavy atom. The van der Waals surface area contributed by atoms with Crippen molar-refractivity contribution in [2.75, 3.05) is 13.7 Å². The minimum atomic E-state index is -4.01. The van der Waals surface area contributed by atoms with Gasteiger partial charge in [-0.2, -0.15) is 0 Å². The number of methoxy groups -OCH3 is 1. The molecule has 1 aromatic carbocycles. The van der Waals surface area contributed by atoms with Crippen molar-refractivity contribution in [3.63, 3.8) is 0 Å². The van der Waals surface area contributed by atoms with Crippen molar-refractivity contribution >= 4 is 16.0 Å². The molecule has 0 heterocycles. The van der Waals surface area contributed by atoms with Gasteiger partial charge in [0.1, 0.15) is 10.6 Å². The molecule has 1 rings (SSSR count). The van der Waals surface area contributed by atoms with E-state index in [1.807, 2.05) is 0 Å². The highest BCUT2D eigenvalue weighted by Gasteiger charge is 2.26. The Kier molecular flexibility index (Phi) is 5.70. The minimum Gasteiger partial charge on any atom is -0.495 e. The highest BCUT2D eigenvalue weighted by atomic mass is 32.2. The number of carboxylic acid groups (broad SMARTS) is 1. The van der Waals surface area contributed by atoms with Gasteiger partial charge in [-0.3, -0.25) is 0 Å². The lowest BCUT2D eigenvalue weighted by Crippen LogP contribution is -2.41. The molecule has 1 atom stereocenters. The normalized spacial score (nSPS) is 13.2. The van der Waals surface area contributed by atoms with Crippen LogP contribution in [0.5, 0.6) is 5.75 Å². The third-order valence-corrected chi connectivity index (χ3v) is 4.52. The number of sulfonamides is 1. The molecule has 1 unspecified atom stereocenters. The molecule has 0 radical (unpaired) electrons. The highest BCUT2D eigenvalue weighted by Crippen LogP contribution is 2.25. The lowest BCUT2D eigenvalue weighted by Gasteiger charge is -2.20. The average Bonchev–Trinajstić information content (AvgIpc) is 2.43. The topological polar surface area (TPSA) is 113 Å². The van der Waals surface area contributed by atoms with E-state index in [2.05, 4.69) is 4.72 Å². The maximum atomic E-state index is 12.4. The summed E-state index contributed by atoms with van der Waals surface area (Å²) < 4.78 is 32.0. The van der Waals surface area contributed by atoms with Crippen LogP contribution in [0.3, 0.4) is 0 Å². The molecule has 0 spiro atoms. The largest absolute Gasteiger partial charge is 0.495 e. The second-order valence-corrected chi connectivity index (χ2v) is 6.51. The van der Waals surface area contributed by atoms with Gasteiger partial charge in [-0.05, 0) is 24.1 Å². The van der Waals surface area contributed by atoms with E-state index in [1.165, 1.54) is 19.2 Å². The Balaban J connectivity index is 3.29. The molecule has 0 bridgehead atoms. The quantitative estimate of drug-likeness (QED) is 0.682. The minimum absolute atomic E-state index is 0.0351. The first-order valence-corrected chi connectivity index (χ1v) is 7.75. The molecular weight excluding hydrogens is 298 g/mol. The van der Waals surface area contributed by atoms with Crippen molar-refractivity contribution in [1.29, 1.82) is 0 Å². The van der Waals surface area contributed by atoms with E-state index in [1.54, 1.807) is 13.8 Å². The number of rotatable bonds is 7. The Bertz CT molecular complexity index is 611. The predicted molar refractivity (Wildman–Crippen MR) is 76.0 cm³/mol. The van der Waals surface area contributed by atoms with Crippen molar-refractivity contribution < 1.29 is 28.2 Å². The first-order chi connectivity index (χ1) is 9.72. The van der Waals surface area contributed by atoms with Gasteiger partial charge in [-0.15, -0.1) is 0 Å². The molecule has 0 fully saturated rings. The van der Waals surface area contributed by atoms with E-state index >= 15 is 0 Å². The van der Waals surface area contributed by atoms with Gasteiger partial charge in [0, 0.05) is 6.04 Å². The van der Waals surface area contributed by atoms with Gasteiger partial charge in [0.25, 0.3) is 0 Å². The summed E-state index contributed by atoms with van der Waals surface area (Å²) >= 11 is 0. The number of ether oxygens (including phenoxy) is 1. The van der Waals surface area contributed by atoms with Crippen molar-refractivity contribution in [3.8, 4) is 5.75 Å². The number of benzene rings is 1.